The van der Waals surface area contributed by atoms with Crippen molar-refractivity contribution in [3.8, 4) is 0 Å². The SMILES string of the molecule is Cc1noc(Cl)c1CCC(=O)N1CCO[C@H]2CCN(C)C[C@@H]21. The summed E-state index contributed by atoms with van der Waals surface area (Å²) in [5, 5.41) is 4.12. The highest BCUT2D eigenvalue weighted by molar-refractivity contribution is 6.29. The number of likely N-dealkylation sites (tertiary alicyclic amines) is 1. The molecule has 0 radical (unpaired) electrons. The lowest BCUT2D eigenvalue weighted by molar-refractivity contribution is -0.151. The van der Waals surface area contributed by atoms with Gasteiger partial charge in [-0.2, -0.15) is 0 Å². The highest BCUT2D eigenvalue weighted by Crippen LogP contribution is 2.25. The standard InChI is InChI=1S/C15H22ClN3O3/c1-10-11(15(16)22-17-10)3-4-14(20)19-7-8-21-13-5-6-18(2)9-12(13)19/h12-13H,3-9H2,1-2H3/t12-,13-/m0/s1. The fourth-order valence-corrected chi connectivity index (χ4v) is 3.62. The molecule has 1 aromatic rings. The van der Waals surface area contributed by atoms with E-state index in [0.29, 0.717) is 31.2 Å². The second kappa shape index (κ2) is 6.56. The van der Waals surface area contributed by atoms with Gasteiger partial charge in [0.15, 0.2) is 0 Å². The highest BCUT2D eigenvalue weighted by Gasteiger charge is 2.38. The Hall–Kier alpha value is -1.11. The first-order chi connectivity index (χ1) is 10.6. The van der Waals surface area contributed by atoms with Crippen molar-refractivity contribution in [1.29, 1.82) is 0 Å². The Morgan fingerprint density at radius 1 is 1.45 bits per heavy atom. The summed E-state index contributed by atoms with van der Waals surface area (Å²) in [7, 11) is 2.09. The van der Waals surface area contributed by atoms with Crippen molar-refractivity contribution >= 4 is 17.5 Å². The van der Waals surface area contributed by atoms with Crippen LogP contribution in [0.3, 0.4) is 0 Å². The van der Waals surface area contributed by atoms with Crippen LogP contribution in [0.15, 0.2) is 4.52 Å². The summed E-state index contributed by atoms with van der Waals surface area (Å²) < 4.78 is 10.8. The minimum atomic E-state index is 0.158. The van der Waals surface area contributed by atoms with Crippen molar-refractivity contribution in [2.45, 2.75) is 38.3 Å². The molecule has 22 heavy (non-hydrogen) atoms. The van der Waals surface area contributed by atoms with Crippen molar-refractivity contribution in [3.63, 3.8) is 0 Å². The molecule has 1 aromatic heterocycles. The number of rotatable bonds is 3. The van der Waals surface area contributed by atoms with Gasteiger partial charge in [-0.15, -0.1) is 0 Å². The van der Waals surface area contributed by atoms with Crippen LogP contribution in [-0.2, 0) is 16.0 Å². The minimum absolute atomic E-state index is 0.158. The van der Waals surface area contributed by atoms with Gasteiger partial charge in [-0.1, -0.05) is 5.16 Å². The minimum Gasteiger partial charge on any atom is -0.374 e. The number of carbonyl (C=O) groups is 1. The van der Waals surface area contributed by atoms with Crippen molar-refractivity contribution < 1.29 is 14.1 Å². The first kappa shape index (κ1) is 15.8. The first-order valence-electron chi connectivity index (χ1n) is 7.76. The zero-order valence-corrected chi connectivity index (χ0v) is 13.8. The second-order valence-corrected chi connectivity index (χ2v) is 6.48. The molecule has 2 atom stereocenters. The predicted octanol–water partition coefficient (Wildman–Crippen LogP) is 1.50. The van der Waals surface area contributed by atoms with Crippen molar-refractivity contribution in [2.24, 2.45) is 0 Å². The number of piperidine rings is 1. The largest absolute Gasteiger partial charge is 0.374 e. The molecule has 0 aromatic carbocycles. The van der Waals surface area contributed by atoms with Gasteiger partial charge in [0.25, 0.3) is 0 Å². The lowest BCUT2D eigenvalue weighted by Crippen LogP contribution is -2.60. The number of likely N-dealkylation sites (N-methyl/N-ethyl adjacent to an activating group) is 1. The molecule has 122 valence electrons. The first-order valence-corrected chi connectivity index (χ1v) is 8.14. The second-order valence-electron chi connectivity index (χ2n) is 6.13. The Morgan fingerprint density at radius 3 is 3.00 bits per heavy atom. The van der Waals surface area contributed by atoms with Crippen LogP contribution in [0.4, 0.5) is 0 Å². The van der Waals surface area contributed by atoms with Gasteiger partial charge in [0.1, 0.15) is 0 Å². The molecule has 6 nitrogen and oxygen atoms in total. The summed E-state index contributed by atoms with van der Waals surface area (Å²) in [5.41, 5.74) is 1.59. The summed E-state index contributed by atoms with van der Waals surface area (Å²) in [5.74, 6) is 0.158. The number of hydrogen-bond donors (Lipinski definition) is 0. The summed E-state index contributed by atoms with van der Waals surface area (Å²) in [4.78, 5) is 16.9. The molecule has 0 bridgehead atoms. The third-order valence-corrected chi connectivity index (χ3v) is 4.93. The van der Waals surface area contributed by atoms with Crippen LogP contribution in [0.2, 0.25) is 5.22 Å². The van der Waals surface area contributed by atoms with Gasteiger partial charge < -0.3 is 19.1 Å². The van der Waals surface area contributed by atoms with E-state index in [1.165, 1.54) is 0 Å². The third kappa shape index (κ3) is 3.14. The number of amides is 1. The summed E-state index contributed by atoms with van der Waals surface area (Å²) in [6.45, 7) is 5.05. The van der Waals surface area contributed by atoms with Crippen LogP contribution in [-0.4, -0.2) is 66.3 Å². The average Bonchev–Trinajstić information content (AvgIpc) is 2.83. The molecule has 3 rings (SSSR count). The number of aryl methyl sites for hydroxylation is 1. The zero-order chi connectivity index (χ0) is 15.7. The molecule has 0 aliphatic carbocycles. The van der Waals surface area contributed by atoms with E-state index < -0.39 is 0 Å². The maximum absolute atomic E-state index is 12.6. The highest BCUT2D eigenvalue weighted by atomic mass is 35.5. The van der Waals surface area contributed by atoms with Crippen LogP contribution in [0.1, 0.15) is 24.1 Å². The van der Waals surface area contributed by atoms with Crippen LogP contribution in [0, 0.1) is 6.92 Å². The fourth-order valence-electron chi connectivity index (χ4n) is 3.36. The number of ether oxygens (including phenoxy) is 1. The van der Waals surface area contributed by atoms with Gasteiger partial charge in [0.2, 0.25) is 11.1 Å². The maximum atomic E-state index is 12.6. The van der Waals surface area contributed by atoms with Gasteiger partial charge in [0, 0.05) is 31.6 Å². The topological polar surface area (TPSA) is 58.8 Å². The number of aromatic nitrogens is 1. The molecular weight excluding hydrogens is 306 g/mol. The molecule has 0 spiro atoms. The van der Waals surface area contributed by atoms with E-state index in [4.69, 9.17) is 20.9 Å². The molecular formula is C15H22ClN3O3. The molecule has 0 N–H and O–H groups in total. The number of carbonyl (C=O) groups excluding carboxylic acids is 1. The van der Waals surface area contributed by atoms with Gasteiger partial charge in [-0.25, -0.2) is 0 Å². The van der Waals surface area contributed by atoms with Crippen LogP contribution in [0.5, 0.6) is 0 Å². The van der Waals surface area contributed by atoms with Crippen molar-refractivity contribution in [3.05, 3.63) is 16.5 Å². The predicted molar refractivity (Wildman–Crippen MR) is 81.9 cm³/mol. The third-order valence-electron chi connectivity index (χ3n) is 4.63. The molecule has 2 saturated heterocycles. The average molecular weight is 328 g/mol. The van der Waals surface area contributed by atoms with E-state index >= 15 is 0 Å². The van der Waals surface area contributed by atoms with Crippen LogP contribution < -0.4 is 0 Å². The lowest BCUT2D eigenvalue weighted by Gasteiger charge is -2.46. The van der Waals surface area contributed by atoms with Crippen LogP contribution >= 0.6 is 11.6 Å². The molecule has 1 amide bonds. The van der Waals surface area contributed by atoms with E-state index in [1.54, 1.807) is 0 Å². The van der Waals surface area contributed by atoms with E-state index in [0.717, 1.165) is 30.8 Å². The van der Waals surface area contributed by atoms with Crippen molar-refractivity contribution in [2.75, 3.05) is 33.3 Å². The summed E-state index contributed by atoms with van der Waals surface area (Å²) in [6.07, 6.45) is 2.16. The Labute approximate surface area is 135 Å². The van der Waals surface area contributed by atoms with Gasteiger partial charge in [-0.05, 0) is 38.4 Å². The Balaban J connectivity index is 1.63. The van der Waals surface area contributed by atoms with Gasteiger partial charge in [0.05, 0.1) is 24.4 Å². The number of morpholine rings is 1. The van der Waals surface area contributed by atoms with E-state index in [1.807, 2.05) is 11.8 Å². The quantitative estimate of drug-likeness (QED) is 0.842. The van der Waals surface area contributed by atoms with Crippen LogP contribution in [0.25, 0.3) is 0 Å². The zero-order valence-electron chi connectivity index (χ0n) is 13.0. The monoisotopic (exact) mass is 327 g/mol. The Morgan fingerprint density at radius 2 is 2.27 bits per heavy atom. The molecule has 2 aliphatic rings. The Bertz CT molecular complexity index is 529. The number of halogens is 1. The van der Waals surface area contributed by atoms with E-state index in [2.05, 4.69) is 17.1 Å². The smallest absolute Gasteiger partial charge is 0.229 e. The molecule has 7 heteroatoms. The number of nitrogens with zero attached hydrogens (tertiary/aromatic N) is 3. The summed E-state index contributed by atoms with van der Waals surface area (Å²) in [6, 6.07) is 0.166. The lowest BCUT2D eigenvalue weighted by atomic mass is 9.98. The van der Waals surface area contributed by atoms with Crippen molar-refractivity contribution in [1.82, 2.24) is 15.0 Å². The van der Waals surface area contributed by atoms with Gasteiger partial charge >= 0.3 is 0 Å². The van der Waals surface area contributed by atoms with Gasteiger partial charge in [-0.3, -0.25) is 4.79 Å². The van der Waals surface area contributed by atoms with E-state index in [-0.39, 0.29) is 18.1 Å². The fraction of sp³-hybridized carbons (Fsp3) is 0.733. The molecule has 2 fully saturated rings. The molecule has 0 saturated carbocycles. The van der Waals surface area contributed by atoms with E-state index in [9.17, 15) is 4.79 Å². The Kier molecular flexibility index (Phi) is 4.70. The maximum Gasteiger partial charge on any atom is 0.229 e. The molecule has 0 unspecified atom stereocenters. The molecule has 2 aliphatic heterocycles. The summed E-state index contributed by atoms with van der Waals surface area (Å²) >= 11 is 5.96. The normalized spacial score (nSPS) is 26.0. The number of hydrogen-bond acceptors (Lipinski definition) is 5. The number of fused-ring (bicyclic) bond motifs is 1. The molecule has 3 heterocycles.